The van der Waals surface area contributed by atoms with Gasteiger partial charge in [-0.1, -0.05) is 12.1 Å². The Bertz CT molecular complexity index is 1360. The van der Waals surface area contributed by atoms with Gasteiger partial charge in [0.2, 0.25) is 18.2 Å². The molecule has 12 heteroatoms. The van der Waals surface area contributed by atoms with E-state index in [0.29, 0.717) is 5.56 Å². The molecule has 0 unspecified atom stereocenters. The van der Waals surface area contributed by atoms with Crippen LogP contribution in [0.15, 0.2) is 53.3 Å². The monoisotopic (exact) mass is 499 g/mol. The van der Waals surface area contributed by atoms with Crippen molar-refractivity contribution in [3.8, 4) is 6.07 Å². The van der Waals surface area contributed by atoms with Gasteiger partial charge in [-0.25, -0.2) is 4.39 Å². The maximum atomic E-state index is 14.8. The molecule has 5 rings (SSSR count). The number of nitriles is 1. The van der Waals surface area contributed by atoms with Crippen molar-refractivity contribution in [2.75, 3.05) is 11.4 Å². The van der Waals surface area contributed by atoms with Gasteiger partial charge in [0.1, 0.15) is 17.9 Å². The quantitative estimate of drug-likeness (QED) is 0.506. The van der Waals surface area contributed by atoms with Gasteiger partial charge in [-0.3, -0.25) is 14.5 Å². The summed E-state index contributed by atoms with van der Waals surface area (Å²) in [4.78, 5) is 29.5. The number of carbonyl (C=O) groups is 2. The largest absolute Gasteiger partial charge is 0.428 e. The molecule has 36 heavy (non-hydrogen) atoms. The summed E-state index contributed by atoms with van der Waals surface area (Å²) in [6.07, 6.45) is -3.12. The molecule has 1 saturated carbocycles. The molecule has 1 saturated heterocycles. The molecular weight excluding hydrogens is 482 g/mol. The van der Waals surface area contributed by atoms with Crippen LogP contribution in [0.5, 0.6) is 0 Å². The predicted molar refractivity (Wildman–Crippen MR) is 114 cm³/mol. The molecule has 0 radical (unpaired) electrons. The van der Waals surface area contributed by atoms with Crippen LogP contribution in [0.4, 0.5) is 23.2 Å². The fraction of sp³-hybridized carbons (Fsp3) is 0.292. The Morgan fingerprint density at radius 2 is 1.86 bits per heavy atom. The average Bonchev–Trinajstić information content (AvgIpc) is 3.34. The molecule has 2 aliphatic rings. The summed E-state index contributed by atoms with van der Waals surface area (Å²) in [5, 5.41) is 16.5. The first kappa shape index (κ1) is 23.5. The smallest absolute Gasteiger partial charge is 0.416 e. The topological polar surface area (TPSA) is 103 Å². The molecule has 0 bridgehead atoms. The molecule has 2 fully saturated rings. The first-order chi connectivity index (χ1) is 17.1. The lowest BCUT2D eigenvalue weighted by atomic mass is 9.65. The van der Waals surface area contributed by atoms with Gasteiger partial charge in [0, 0.05) is 12.5 Å². The fourth-order valence-corrected chi connectivity index (χ4v) is 4.79. The van der Waals surface area contributed by atoms with Gasteiger partial charge in [0.25, 0.3) is 5.91 Å². The number of aromatic nitrogens is 2. The van der Waals surface area contributed by atoms with Gasteiger partial charge in [-0.05, 0) is 48.7 Å². The summed E-state index contributed by atoms with van der Waals surface area (Å²) < 4.78 is 58.9. The van der Waals surface area contributed by atoms with E-state index < -0.39 is 41.5 Å². The number of rotatable bonds is 4. The Kier molecular flexibility index (Phi) is 5.50. The number of nitrogens with zero attached hydrogens (tertiary/aromatic N) is 5. The van der Waals surface area contributed by atoms with Gasteiger partial charge < -0.3 is 9.32 Å². The van der Waals surface area contributed by atoms with E-state index in [9.17, 15) is 27.2 Å². The van der Waals surface area contributed by atoms with Crippen molar-refractivity contribution in [2.45, 2.75) is 37.0 Å². The lowest BCUT2D eigenvalue weighted by Gasteiger charge is -2.56. The van der Waals surface area contributed by atoms with Crippen molar-refractivity contribution in [1.29, 1.82) is 5.26 Å². The number of carbonyl (C=O) groups excluding carboxylic acids is 2. The van der Waals surface area contributed by atoms with Gasteiger partial charge in [0.15, 0.2) is 0 Å². The number of anilines is 1. The van der Waals surface area contributed by atoms with Gasteiger partial charge in [0.05, 0.1) is 22.9 Å². The second kappa shape index (κ2) is 8.44. The maximum Gasteiger partial charge on any atom is 0.416 e. The highest BCUT2D eigenvalue weighted by molar-refractivity contribution is 6.10. The number of benzene rings is 2. The molecule has 2 aromatic carbocycles. The molecule has 2 amide bonds. The third kappa shape index (κ3) is 3.86. The number of amides is 2. The number of piperazine rings is 1. The van der Waals surface area contributed by atoms with Crippen molar-refractivity contribution < 1.29 is 31.6 Å². The SMILES string of the molecule is N#Cc1ccc(N2CC(=O)N(Cc3ccc(C(F)(F)F)cc3)C3(CC(c4nnco4)C3)C2=O)c(F)c1. The average molecular weight is 499 g/mol. The molecule has 1 aliphatic heterocycles. The number of hydrogen-bond donors (Lipinski definition) is 0. The summed E-state index contributed by atoms with van der Waals surface area (Å²) in [6.45, 7) is -0.571. The van der Waals surface area contributed by atoms with E-state index >= 15 is 0 Å². The highest BCUT2D eigenvalue weighted by Crippen LogP contribution is 2.51. The van der Waals surface area contributed by atoms with Crippen LogP contribution in [0, 0.1) is 17.1 Å². The molecule has 184 valence electrons. The van der Waals surface area contributed by atoms with E-state index in [2.05, 4.69) is 10.2 Å². The fourth-order valence-electron chi connectivity index (χ4n) is 4.79. The minimum atomic E-state index is -4.51. The first-order valence-corrected chi connectivity index (χ1v) is 10.9. The summed E-state index contributed by atoms with van der Waals surface area (Å²) in [5.74, 6) is -1.90. The Balaban J connectivity index is 1.48. The summed E-state index contributed by atoms with van der Waals surface area (Å²) in [5.41, 5.74) is -1.88. The highest BCUT2D eigenvalue weighted by atomic mass is 19.4. The summed E-state index contributed by atoms with van der Waals surface area (Å²) >= 11 is 0. The molecule has 1 aromatic heterocycles. The molecule has 0 atom stereocenters. The Morgan fingerprint density at radius 3 is 2.44 bits per heavy atom. The van der Waals surface area contributed by atoms with Crippen LogP contribution in [0.25, 0.3) is 0 Å². The van der Waals surface area contributed by atoms with Crippen LogP contribution >= 0.6 is 0 Å². The summed E-state index contributed by atoms with van der Waals surface area (Å²) in [7, 11) is 0. The first-order valence-electron chi connectivity index (χ1n) is 10.9. The van der Waals surface area contributed by atoms with Gasteiger partial charge in [-0.2, -0.15) is 18.4 Å². The van der Waals surface area contributed by atoms with Crippen LogP contribution in [-0.2, 0) is 22.3 Å². The van der Waals surface area contributed by atoms with Crippen molar-refractivity contribution in [3.05, 3.63) is 77.3 Å². The summed E-state index contributed by atoms with van der Waals surface area (Å²) in [6, 6.07) is 9.76. The minimum Gasteiger partial charge on any atom is -0.428 e. The number of alkyl halides is 3. The Hall–Kier alpha value is -4.27. The van der Waals surface area contributed by atoms with Crippen LogP contribution in [0.2, 0.25) is 0 Å². The second-order valence-electron chi connectivity index (χ2n) is 8.76. The third-order valence-electron chi connectivity index (χ3n) is 6.64. The third-order valence-corrected chi connectivity index (χ3v) is 6.64. The molecule has 1 aliphatic carbocycles. The zero-order valence-corrected chi connectivity index (χ0v) is 18.5. The molecule has 1 spiro atoms. The van der Waals surface area contributed by atoms with Crippen molar-refractivity contribution in [3.63, 3.8) is 0 Å². The predicted octanol–water partition coefficient (Wildman–Crippen LogP) is 3.79. The molecule has 3 aromatic rings. The molecule has 2 heterocycles. The van der Waals surface area contributed by atoms with Crippen LogP contribution in [0.1, 0.15) is 41.3 Å². The van der Waals surface area contributed by atoms with E-state index in [0.717, 1.165) is 29.5 Å². The van der Waals surface area contributed by atoms with E-state index in [1.54, 1.807) is 0 Å². The standard InChI is InChI=1S/C24H17F4N5O3/c25-18-7-15(10-29)3-6-19(18)32-12-20(34)33(11-14-1-4-17(5-2-14)24(26,27)28)23(22(32)35)8-16(9-23)21-31-30-13-36-21/h1-7,13,16H,8-9,11-12H2. The lowest BCUT2D eigenvalue weighted by molar-refractivity contribution is -0.160. The molecule has 8 nitrogen and oxygen atoms in total. The highest BCUT2D eigenvalue weighted by Gasteiger charge is 2.61. The van der Waals surface area contributed by atoms with Crippen LogP contribution in [-0.4, -0.2) is 39.0 Å². The van der Waals surface area contributed by atoms with E-state index in [1.807, 2.05) is 6.07 Å². The maximum absolute atomic E-state index is 14.8. The van der Waals surface area contributed by atoms with Crippen molar-refractivity contribution in [1.82, 2.24) is 15.1 Å². The van der Waals surface area contributed by atoms with E-state index in [1.165, 1.54) is 29.2 Å². The van der Waals surface area contributed by atoms with Crippen LogP contribution in [0.3, 0.4) is 0 Å². The second-order valence-corrected chi connectivity index (χ2v) is 8.76. The molecular formula is C24H17F4N5O3. The van der Waals surface area contributed by atoms with Gasteiger partial charge in [-0.15, -0.1) is 10.2 Å². The Labute approximate surface area is 201 Å². The number of halogens is 4. The number of hydrogen-bond acceptors (Lipinski definition) is 6. The molecule has 0 N–H and O–H groups in total. The van der Waals surface area contributed by atoms with E-state index in [4.69, 9.17) is 9.68 Å². The Morgan fingerprint density at radius 1 is 1.14 bits per heavy atom. The lowest BCUT2D eigenvalue weighted by Crippen LogP contribution is -2.72. The van der Waals surface area contributed by atoms with Crippen molar-refractivity contribution in [2.24, 2.45) is 0 Å². The van der Waals surface area contributed by atoms with Crippen molar-refractivity contribution >= 4 is 17.5 Å². The van der Waals surface area contributed by atoms with Crippen LogP contribution < -0.4 is 4.90 Å². The minimum absolute atomic E-state index is 0.0609. The van der Waals surface area contributed by atoms with Gasteiger partial charge >= 0.3 is 6.18 Å². The zero-order chi connectivity index (χ0) is 25.7. The zero-order valence-electron chi connectivity index (χ0n) is 18.5. The van der Waals surface area contributed by atoms with E-state index in [-0.39, 0.29) is 42.4 Å². The normalized spacial score (nSPS) is 22.0.